The lowest BCUT2D eigenvalue weighted by atomic mass is 10.2. The molecule has 1 aromatic carbocycles. The molecule has 0 aliphatic carbocycles. The molecule has 0 fully saturated rings. The summed E-state index contributed by atoms with van der Waals surface area (Å²) in [5.41, 5.74) is 4.46. The maximum atomic E-state index is 10.3. The van der Waals surface area contributed by atoms with E-state index in [1.54, 1.807) is 0 Å². The smallest absolute Gasteiger partial charge is 0.278 e. The van der Waals surface area contributed by atoms with Crippen molar-refractivity contribution in [1.82, 2.24) is 15.2 Å². The number of nitrogens with one attached hydrogen (secondary N) is 1. The number of nitro benzene ring substituents is 2. The summed E-state index contributed by atoms with van der Waals surface area (Å²) in [7, 11) is 0. The molecule has 0 radical (unpaired) electrons. The van der Waals surface area contributed by atoms with Crippen molar-refractivity contribution in [1.29, 1.82) is 0 Å². The molecule has 0 aliphatic rings. The van der Waals surface area contributed by atoms with Crippen molar-refractivity contribution < 1.29 is 9.85 Å². The normalized spacial score (nSPS) is 9.11. The molecule has 0 unspecified atom stereocenters. The van der Waals surface area contributed by atoms with Gasteiger partial charge in [0.2, 0.25) is 0 Å². The molecule has 0 atom stereocenters. The topological polar surface area (TPSA) is 154 Å². The summed E-state index contributed by atoms with van der Waals surface area (Å²) in [6.07, 6.45) is 2.96. The van der Waals surface area contributed by atoms with E-state index in [2.05, 4.69) is 15.2 Å². The number of rotatable bonds is 2. The molecule has 94 valence electrons. The molecule has 18 heavy (non-hydrogen) atoms. The molecule has 0 bridgehead atoms. The maximum absolute atomic E-state index is 10.3. The minimum atomic E-state index is -0.733. The first kappa shape index (κ1) is 13.0. The Bertz CT molecular complexity index is 491. The molecule has 0 saturated carbocycles. The molecule has 0 amide bonds. The van der Waals surface area contributed by atoms with Crippen molar-refractivity contribution in [2.75, 3.05) is 5.73 Å². The number of aromatic nitrogens is 3. The summed E-state index contributed by atoms with van der Waals surface area (Å²) in [4.78, 5) is 22.6. The SMILES string of the molecule is Nc1cc([N+](=O)[O-])cc([N+](=O)[O-])c1.c1nc[nH]n1. The van der Waals surface area contributed by atoms with Gasteiger partial charge in [0, 0.05) is 17.8 Å². The maximum Gasteiger partial charge on any atom is 0.278 e. The average molecular weight is 252 g/mol. The van der Waals surface area contributed by atoms with Crippen LogP contribution in [-0.2, 0) is 0 Å². The third-order valence-corrected chi connectivity index (χ3v) is 1.68. The highest BCUT2D eigenvalue weighted by molar-refractivity contribution is 5.56. The first-order valence-electron chi connectivity index (χ1n) is 4.49. The van der Waals surface area contributed by atoms with Gasteiger partial charge in [-0.25, -0.2) is 4.98 Å². The van der Waals surface area contributed by atoms with E-state index in [9.17, 15) is 20.2 Å². The van der Waals surface area contributed by atoms with Gasteiger partial charge < -0.3 is 5.73 Å². The summed E-state index contributed by atoms with van der Waals surface area (Å²) < 4.78 is 0. The highest BCUT2D eigenvalue weighted by Crippen LogP contribution is 2.23. The van der Waals surface area contributed by atoms with Crippen molar-refractivity contribution in [3.8, 4) is 0 Å². The van der Waals surface area contributed by atoms with Gasteiger partial charge in [0.25, 0.3) is 11.4 Å². The molecular weight excluding hydrogens is 244 g/mol. The van der Waals surface area contributed by atoms with E-state index >= 15 is 0 Å². The lowest BCUT2D eigenvalue weighted by Crippen LogP contribution is -1.95. The molecule has 10 nitrogen and oxygen atoms in total. The summed E-state index contributed by atoms with van der Waals surface area (Å²) in [6.45, 7) is 0. The number of nitrogen functional groups attached to an aromatic ring is 1. The molecule has 3 N–H and O–H groups in total. The molecule has 0 saturated heterocycles. The summed E-state index contributed by atoms with van der Waals surface area (Å²) in [6, 6.07) is 2.98. The van der Waals surface area contributed by atoms with Crippen LogP contribution >= 0.6 is 0 Å². The number of non-ortho nitro benzene ring substituents is 2. The van der Waals surface area contributed by atoms with E-state index in [1.807, 2.05) is 0 Å². The van der Waals surface area contributed by atoms with Crippen LogP contribution in [0.25, 0.3) is 0 Å². The summed E-state index contributed by atoms with van der Waals surface area (Å²) in [5.74, 6) is 0. The first-order chi connectivity index (χ1) is 8.50. The molecule has 2 aromatic rings. The minimum absolute atomic E-state index is 0.000833. The van der Waals surface area contributed by atoms with Crippen LogP contribution in [0.1, 0.15) is 0 Å². The highest BCUT2D eigenvalue weighted by Gasteiger charge is 2.14. The van der Waals surface area contributed by atoms with Gasteiger partial charge in [-0.2, -0.15) is 5.10 Å². The number of H-pyrrole nitrogens is 1. The fourth-order valence-corrected chi connectivity index (χ4v) is 0.996. The van der Waals surface area contributed by atoms with Crippen LogP contribution in [0.3, 0.4) is 0 Å². The van der Waals surface area contributed by atoms with Gasteiger partial charge >= 0.3 is 0 Å². The van der Waals surface area contributed by atoms with Gasteiger partial charge in [-0.3, -0.25) is 25.3 Å². The van der Waals surface area contributed by atoms with Gasteiger partial charge in [0.05, 0.1) is 15.9 Å². The lowest BCUT2D eigenvalue weighted by molar-refractivity contribution is -0.394. The number of anilines is 1. The number of hydrogen-bond donors (Lipinski definition) is 2. The molecule has 1 aromatic heterocycles. The van der Waals surface area contributed by atoms with Crippen molar-refractivity contribution >= 4 is 17.1 Å². The monoisotopic (exact) mass is 252 g/mol. The molecule has 0 aliphatic heterocycles. The van der Waals surface area contributed by atoms with E-state index in [0.717, 1.165) is 18.2 Å². The predicted molar refractivity (Wildman–Crippen MR) is 60.5 cm³/mol. The number of nitrogens with two attached hydrogens (primary N) is 1. The molecule has 1 heterocycles. The quantitative estimate of drug-likeness (QED) is 0.456. The van der Waals surface area contributed by atoms with Crippen molar-refractivity contribution in [3.63, 3.8) is 0 Å². The second kappa shape index (κ2) is 5.89. The van der Waals surface area contributed by atoms with Crippen molar-refractivity contribution in [2.45, 2.75) is 0 Å². The lowest BCUT2D eigenvalue weighted by Gasteiger charge is -1.94. The largest absolute Gasteiger partial charge is 0.398 e. The molecule has 10 heteroatoms. The van der Waals surface area contributed by atoms with E-state index in [1.165, 1.54) is 12.7 Å². The minimum Gasteiger partial charge on any atom is -0.398 e. The third-order valence-electron chi connectivity index (χ3n) is 1.68. The predicted octanol–water partition coefficient (Wildman–Crippen LogP) is 0.890. The van der Waals surface area contributed by atoms with Crippen molar-refractivity contribution in [2.24, 2.45) is 0 Å². The van der Waals surface area contributed by atoms with Gasteiger partial charge in [0.15, 0.2) is 0 Å². The van der Waals surface area contributed by atoms with Crippen LogP contribution in [0.15, 0.2) is 30.9 Å². The fourth-order valence-electron chi connectivity index (χ4n) is 0.996. The van der Waals surface area contributed by atoms with Crippen molar-refractivity contribution in [3.05, 3.63) is 51.1 Å². The van der Waals surface area contributed by atoms with Crippen LogP contribution in [0.4, 0.5) is 17.1 Å². The number of aromatic amines is 1. The van der Waals surface area contributed by atoms with Crippen LogP contribution in [0, 0.1) is 20.2 Å². The molecule has 2 rings (SSSR count). The Hall–Kier alpha value is -3.04. The number of hydrogen-bond acceptors (Lipinski definition) is 7. The molecular formula is C8H8N6O4. The Morgan fingerprint density at radius 1 is 1.11 bits per heavy atom. The van der Waals surface area contributed by atoms with E-state index < -0.39 is 9.85 Å². The number of nitrogens with zero attached hydrogens (tertiary/aromatic N) is 4. The fraction of sp³-hybridized carbons (Fsp3) is 0. The Labute approximate surface area is 99.8 Å². The average Bonchev–Trinajstić information content (AvgIpc) is 2.86. The Morgan fingerprint density at radius 2 is 1.67 bits per heavy atom. The van der Waals surface area contributed by atoms with Crippen LogP contribution in [0.5, 0.6) is 0 Å². The first-order valence-corrected chi connectivity index (χ1v) is 4.49. The molecule has 0 spiro atoms. The van der Waals surface area contributed by atoms with Crippen LogP contribution < -0.4 is 5.73 Å². The Kier molecular flexibility index (Phi) is 4.26. The zero-order chi connectivity index (χ0) is 13.5. The second-order valence-corrected chi connectivity index (χ2v) is 2.95. The van der Waals surface area contributed by atoms with Gasteiger partial charge in [0.1, 0.15) is 12.7 Å². The van der Waals surface area contributed by atoms with E-state index in [-0.39, 0.29) is 17.1 Å². The van der Waals surface area contributed by atoms with E-state index in [0.29, 0.717) is 0 Å². The Morgan fingerprint density at radius 3 is 1.94 bits per heavy atom. The number of nitro groups is 2. The number of benzene rings is 1. The van der Waals surface area contributed by atoms with E-state index in [4.69, 9.17) is 5.73 Å². The van der Waals surface area contributed by atoms with Gasteiger partial charge in [-0.05, 0) is 0 Å². The summed E-state index contributed by atoms with van der Waals surface area (Å²) >= 11 is 0. The zero-order valence-electron chi connectivity index (χ0n) is 8.89. The Balaban J connectivity index is 0.000000269. The standard InChI is InChI=1S/C6H5N3O4.C2H3N3/c7-4-1-5(8(10)11)3-6(2-4)9(12)13;1-3-2-5-4-1/h1-3H,7H2;1-2H,(H,3,4,5). The van der Waals surface area contributed by atoms with Gasteiger partial charge in [-0.1, -0.05) is 0 Å². The zero-order valence-corrected chi connectivity index (χ0v) is 8.89. The van der Waals surface area contributed by atoms with Crippen LogP contribution in [-0.4, -0.2) is 25.0 Å². The van der Waals surface area contributed by atoms with Crippen LogP contribution in [0.2, 0.25) is 0 Å². The third kappa shape index (κ3) is 3.84. The second-order valence-electron chi connectivity index (χ2n) is 2.95. The van der Waals surface area contributed by atoms with Gasteiger partial charge in [-0.15, -0.1) is 0 Å². The summed E-state index contributed by atoms with van der Waals surface area (Å²) in [5, 5.41) is 26.5. The highest BCUT2D eigenvalue weighted by atomic mass is 16.6.